The Morgan fingerprint density at radius 2 is 1.77 bits per heavy atom. The normalized spacial score (nSPS) is 11.0. The molecule has 1 N–H and O–H groups in total. The highest BCUT2D eigenvalue weighted by atomic mass is 79.9. The van der Waals surface area contributed by atoms with Crippen LogP contribution in [-0.2, 0) is 11.4 Å². The van der Waals surface area contributed by atoms with Gasteiger partial charge in [0.05, 0.1) is 9.50 Å². The molecule has 0 unspecified atom stereocenters. The van der Waals surface area contributed by atoms with Crippen LogP contribution in [0.3, 0.4) is 0 Å². The molecule has 0 bridgehead atoms. The molecule has 3 rings (SSSR count). The molecule has 0 aliphatic rings. The highest BCUT2D eigenvalue weighted by molar-refractivity contribution is 9.10. The van der Waals surface area contributed by atoms with Gasteiger partial charge in [0.25, 0.3) is 5.91 Å². The van der Waals surface area contributed by atoms with Crippen LogP contribution in [0.4, 0.5) is 5.69 Å². The fraction of sp³-hybridized carbons (Fsp3) is 0.0435. The molecule has 0 aliphatic carbocycles. The summed E-state index contributed by atoms with van der Waals surface area (Å²) in [6.07, 6.45) is 1.44. The summed E-state index contributed by atoms with van der Waals surface area (Å²) in [6.45, 7) is 0.236. The number of hydrogen-bond donors (Lipinski definition) is 1. The number of amides is 1. The molecule has 0 saturated carbocycles. The number of hydrogen-bond acceptors (Lipinski definition) is 3. The monoisotopic (exact) mass is 534 g/mol. The van der Waals surface area contributed by atoms with Crippen molar-refractivity contribution in [3.05, 3.63) is 96.9 Å². The van der Waals surface area contributed by atoms with Crippen LogP contribution in [0.15, 0.2) is 70.7 Å². The van der Waals surface area contributed by atoms with E-state index in [1.165, 1.54) is 6.08 Å². The van der Waals surface area contributed by atoms with E-state index in [1.54, 1.807) is 42.5 Å². The van der Waals surface area contributed by atoms with Crippen LogP contribution in [0.25, 0.3) is 6.08 Å². The zero-order chi connectivity index (χ0) is 22.4. The maximum atomic E-state index is 12.4. The van der Waals surface area contributed by atoms with Crippen LogP contribution < -0.4 is 10.1 Å². The summed E-state index contributed by atoms with van der Waals surface area (Å²) >= 11 is 21.8. The average Bonchev–Trinajstić information content (AvgIpc) is 2.74. The molecule has 0 aromatic heterocycles. The number of ether oxygens (including phenoxy) is 1. The number of nitrogens with one attached hydrogen (secondary N) is 1. The second-order valence-electron chi connectivity index (χ2n) is 6.32. The summed E-state index contributed by atoms with van der Waals surface area (Å²) in [5.74, 6) is -0.112. The molecule has 31 heavy (non-hydrogen) atoms. The summed E-state index contributed by atoms with van der Waals surface area (Å²) < 4.78 is 6.40. The Bertz CT molecular complexity index is 1170. The topological polar surface area (TPSA) is 62.1 Å². The molecule has 0 aliphatic heterocycles. The third-order valence-corrected chi connectivity index (χ3v) is 5.62. The van der Waals surface area contributed by atoms with Gasteiger partial charge in [0.15, 0.2) is 5.75 Å². The van der Waals surface area contributed by atoms with Crippen molar-refractivity contribution in [3.8, 4) is 11.8 Å². The molecule has 3 aromatic carbocycles. The number of anilines is 1. The first-order chi connectivity index (χ1) is 14.9. The summed E-state index contributed by atoms with van der Waals surface area (Å²) in [5.41, 5.74) is 1.83. The van der Waals surface area contributed by atoms with Crippen LogP contribution in [0.1, 0.15) is 11.1 Å². The largest absolute Gasteiger partial charge is 0.486 e. The second-order valence-corrected chi connectivity index (χ2v) is 8.43. The van der Waals surface area contributed by atoms with Crippen LogP contribution in [-0.4, -0.2) is 5.91 Å². The molecule has 3 aromatic rings. The average molecular weight is 537 g/mol. The third kappa shape index (κ3) is 6.25. The van der Waals surface area contributed by atoms with E-state index in [0.29, 0.717) is 36.5 Å². The summed E-state index contributed by atoms with van der Waals surface area (Å²) in [7, 11) is 0. The van der Waals surface area contributed by atoms with Crippen molar-refractivity contribution in [1.82, 2.24) is 0 Å². The van der Waals surface area contributed by atoms with Gasteiger partial charge in [0, 0.05) is 21.3 Å². The molecule has 156 valence electrons. The molecule has 0 spiro atoms. The van der Waals surface area contributed by atoms with Crippen LogP contribution in [0.5, 0.6) is 5.75 Å². The van der Waals surface area contributed by atoms with Crippen molar-refractivity contribution in [2.75, 3.05) is 5.32 Å². The van der Waals surface area contributed by atoms with E-state index in [0.717, 1.165) is 5.56 Å². The maximum absolute atomic E-state index is 12.4. The minimum absolute atomic E-state index is 0.0809. The Morgan fingerprint density at radius 3 is 2.42 bits per heavy atom. The highest BCUT2D eigenvalue weighted by Gasteiger charge is 2.13. The zero-order valence-corrected chi connectivity index (χ0v) is 19.7. The van der Waals surface area contributed by atoms with Crippen molar-refractivity contribution < 1.29 is 9.53 Å². The summed E-state index contributed by atoms with van der Waals surface area (Å²) in [6, 6.07) is 19.2. The Hall–Kier alpha value is -2.49. The zero-order valence-electron chi connectivity index (χ0n) is 15.8. The predicted octanol–water partition coefficient (Wildman–Crippen LogP) is 7.53. The lowest BCUT2D eigenvalue weighted by molar-refractivity contribution is -0.112. The lowest BCUT2D eigenvalue weighted by Gasteiger charge is -2.12. The molecule has 0 heterocycles. The summed E-state index contributed by atoms with van der Waals surface area (Å²) in [4.78, 5) is 12.4. The molecular formula is C23H14BrCl3N2O2. The van der Waals surface area contributed by atoms with Gasteiger partial charge in [-0.3, -0.25) is 4.79 Å². The minimum Gasteiger partial charge on any atom is -0.486 e. The van der Waals surface area contributed by atoms with Gasteiger partial charge in [-0.05, 0) is 70.0 Å². The Balaban J connectivity index is 1.77. The van der Waals surface area contributed by atoms with E-state index >= 15 is 0 Å². The molecule has 8 heteroatoms. The van der Waals surface area contributed by atoms with Crippen molar-refractivity contribution >= 4 is 68.4 Å². The number of nitrogens with zero attached hydrogens (tertiary/aromatic N) is 1. The van der Waals surface area contributed by atoms with E-state index in [4.69, 9.17) is 39.5 Å². The maximum Gasteiger partial charge on any atom is 0.266 e. The first kappa shape index (κ1) is 23.2. The van der Waals surface area contributed by atoms with Crippen LogP contribution in [0.2, 0.25) is 15.1 Å². The standard InChI is InChI=1S/C23H14BrCl3N2O2/c24-19-10-14(9-16(12-28)23(30)29-18-7-5-17(25)6-8-18)11-21(27)22(19)31-13-15-3-1-2-4-20(15)26/h1-11H,13H2,(H,29,30)/b16-9-. The Morgan fingerprint density at radius 1 is 1.06 bits per heavy atom. The van der Waals surface area contributed by atoms with Crippen molar-refractivity contribution in [3.63, 3.8) is 0 Å². The van der Waals surface area contributed by atoms with Gasteiger partial charge in [0.2, 0.25) is 0 Å². The highest BCUT2D eigenvalue weighted by Crippen LogP contribution is 2.36. The van der Waals surface area contributed by atoms with E-state index in [-0.39, 0.29) is 12.2 Å². The quantitative estimate of drug-likeness (QED) is 0.262. The van der Waals surface area contributed by atoms with Crippen molar-refractivity contribution in [2.24, 2.45) is 0 Å². The van der Waals surface area contributed by atoms with Gasteiger partial charge in [0.1, 0.15) is 18.2 Å². The van der Waals surface area contributed by atoms with Crippen LogP contribution in [0, 0.1) is 11.3 Å². The smallest absolute Gasteiger partial charge is 0.266 e. The fourth-order valence-corrected chi connectivity index (χ4v) is 3.92. The van der Waals surface area contributed by atoms with E-state index in [2.05, 4.69) is 21.2 Å². The van der Waals surface area contributed by atoms with Crippen molar-refractivity contribution in [1.29, 1.82) is 5.26 Å². The number of nitriles is 1. The lowest BCUT2D eigenvalue weighted by atomic mass is 10.1. The predicted molar refractivity (Wildman–Crippen MR) is 129 cm³/mol. The first-order valence-electron chi connectivity index (χ1n) is 8.91. The van der Waals surface area contributed by atoms with Gasteiger partial charge >= 0.3 is 0 Å². The van der Waals surface area contributed by atoms with Gasteiger partial charge in [-0.2, -0.15) is 5.26 Å². The van der Waals surface area contributed by atoms with Crippen LogP contribution >= 0.6 is 50.7 Å². The third-order valence-electron chi connectivity index (χ3n) is 4.13. The lowest BCUT2D eigenvalue weighted by Crippen LogP contribution is -2.13. The summed E-state index contributed by atoms with van der Waals surface area (Å²) in [5, 5.41) is 13.5. The van der Waals surface area contributed by atoms with Gasteiger partial charge in [-0.15, -0.1) is 0 Å². The number of carbonyl (C=O) groups is 1. The molecule has 0 atom stereocenters. The van der Waals surface area contributed by atoms with Crippen molar-refractivity contribution in [2.45, 2.75) is 6.61 Å². The SMILES string of the molecule is N#C/C(=C/c1cc(Cl)c(OCc2ccccc2Cl)c(Br)c1)C(=O)Nc1ccc(Cl)cc1. The molecule has 0 fully saturated rings. The van der Waals surface area contributed by atoms with E-state index < -0.39 is 5.91 Å². The molecule has 4 nitrogen and oxygen atoms in total. The molecule has 0 radical (unpaired) electrons. The molecular weight excluding hydrogens is 523 g/mol. The fourth-order valence-electron chi connectivity index (χ4n) is 2.61. The second kappa shape index (κ2) is 10.7. The number of carbonyl (C=O) groups excluding carboxylic acids is 1. The number of benzene rings is 3. The first-order valence-corrected chi connectivity index (χ1v) is 10.8. The Kier molecular flexibility index (Phi) is 8.00. The number of halogens is 4. The Labute approximate surface area is 203 Å². The van der Waals surface area contributed by atoms with E-state index in [1.807, 2.05) is 24.3 Å². The van der Waals surface area contributed by atoms with E-state index in [9.17, 15) is 10.1 Å². The molecule has 0 saturated heterocycles. The molecule has 1 amide bonds. The minimum atomic E-state index is -0.545. The van der Waals surface area contributed by atoms with Gasteiger partial charge in [-0.1, -0.05) is 53.0 Å². The number of rotatable bonds is 6. The van der Waals surface area contributed by atoms with Gasteiger partial charge < -0.3 is 10.1 Å². The van der Waals surface area contributed by atoms with Gasteiger partial charge in [-0.25, -0.2) is 0 Å².